The van der Waals surface area contributed by atoms with E-state index in [2.05, 4.69) is 9.97 Å². The maximum atomic E-state index is 13.1. The number of halogens is 2. The van der Waals surface area contributed by atoms with E-state index in [1.807, 2.05) is 17.0 Å². The molecule has 1 aromatic carbocycles. The van der Waals surface area contributed by atoms with Crippen LogP contribution in [-0.2, 0) is 16.6 Å². The summed E-state index contributed by atoms with van der Waals surface area (Å²) in [5.41, 5.74) is 0.892. The minimum Gasteiger partial charge on any atom is -0.341 e. The Morgan fingerprint density at radius 2 is 1.93 bits per heavy atom. The molecule has 2 atom stereocenters. The monoisotopic (exact) mass is 410 g/mol. The van der Waals surface area contributed by atoms with Gasteiger partial charge in [-0.2, -0.15) is 4.31 Å². The van der Waals surface area contributed by atoms with Gasteiger partial charge >= 0.3 is 0 Å². The van der Waals surface area contributed by atoms with E-state index in [0.29, 0.717) is 43.6 Å². The molecule has 0 spiro atoms. The van der Waals surface area contributed by atoms with Gasteiger partial charge in [-0.3, -0.25) is 0 Å². The molecule has 0 radical (unpaired) electrons. The molecule has 2 aromatic rings. The van der Waals surface area contributed by atoms with E-state index in [-0.39, 0.29) is 5.92 Å². The number of benzene rings is 1. The van der Waals surface area contributed by atoms with Crippen LogP contribution in [0.5, 0.6) is 0 Å². The van der Waals surface area contributed by atoms with Crippen LogP contribution in [0.15, 0.2) is 36.7 Å². The lowest BCUT2D eigenvalue weighted by atomic mass is 10.0. The van der Waals surface area contributed by atoms with Crippen LogP contribution in [0.4, 0.5) is 10.3 Å². The van der Waals surface area contributed by atoms with Gasteiger partial charge in [0.25, 0.3) is 0 Å². The molecule has 144 valence electrons. The van der Waals surface area contributed by atoms with Gasteiger partial charge in [0.2, 0.25) is 16.0 Å². The van der Waals surface area contributed by atoms with Gasteiger partial charge in [-0.1, -0.05) is 23.7 Å². The Hall–Kier alpha value is -1.77. The molecule has 0 N–H and O–H groups in total. The van der Waals surface area contributed by atoms with Crippen molar-refractivity contribution in [1.82, 2.24) is 14.3 Å². The molecule has 0 aliphatic carbocycles. The van der Waals surface area contributed by atoms with Crippen LogP contribution in [0.3, 0.4) is 0 Å². The van der Waals surface area contributed by atoms with Crippen LogP contribution in [0.1, 0.15) is 18.4 Å². The lowest BCUT2D eigenvalue weighted by Gasteiger charge is -2.22. The third-order valence-corrected chi connectivity index (χ3v) is 7.92. The molecule has 3 heterocycles. The molecular weight excluding hydrogens is 391 g/mol. The van der Waals surface area contributed by atoms with Crippen LogP contribution < -0.4 is 4.90 Å². The van der Waals surface area contributed by atoms with Crippen molar-refractivity contribution in [3.8, 4) is 0 Å². The van der Waals surface area contributed by atoms with Crippen LogP contribution >= 0.6 is 11.6 Å². The van der Waals surface area contributed by atoms with E-state index < -0.39 is 21.1 Å². The molecule has 2 saturated heterocycles. The molecule has 1 aromatic heterocycles. The Labute approximate surface area is 163 Å². The highest BCUT2D eigenvalue weighted by Gasteiger charge is 2.46. The zero-order chi connectivity index (χ0) is 19.0. The predicted molar refractivity (Wildman–Crippen MR) is 101 cm³/mol. The summed E-state index contributed by atoms with van der Waals surface area (Å²) in [6.07, 6.45) is 3.52. The van der Waals surface area contributed by atoms with Crippen molar-refractivity contribution in [3.05, 3.63) is 53.1 Å². The van der Waals surface area contributed by atoms with Crippen LogP contribution in [0.25, 0.3) is 0 Å². The highest BCUT2D eigenvalue weighted by molar-refractivity contribution is 7.90. The van der Waals surface area contributed by atoms with E-state index in [9.17, 15) is 12.8 Å². The molecule has 27 heavy (non-hydrogen) atoms. The number of fused-ring (bicyclic) bond motifs is 1. The smallest absolute Gasteiger partial charge is 0.225 e. The molecule has 0 bridgehead atoms. The number of sulfonamides is 1. The predicted octanol–water partition coefficient (Wildman–Crippen LogP) is 2.70. The summed E-state index contributed by atoms with van der Waals surface area (Å²) in [7, 11) is -3.37. The van der Waals surface area contributed by atoms with Crippen molar-refractivity contribution >= 4 is 27.6 Å². The Morgan fingerprint density at radius 1 is 1.19 bits per heavy atom. The van der Waals surface area contributed by atoms with Gasteiger partial charge in [0.15, 0.2) is 5.82 Å². The minimum absolute atomic E-state index is 0.0691. The number of aromatic nitrogens is 2. The Bertz CT molecular complexity index is 925. The lowest BCUT2D eigenvalue weighted by Crippen LogP contribution is -2.32. The van der Waals surface area contributed by atoms with Crippen LogP contribution in [-0.4, -0.2) is 47.6 Å². The van der Waals surface area contributed by atoms with Gasteiger partial charge in [-0.25, -0.2) is 22.8 Å². The quantitative estimate of drug-likeness (QED) is 0.778. The van der Waals surface area contributed by atoms with Crippen molar-refractivity contribution in [2.45, 2.75) is 24.6 Å². The van der Waals surface area contributed by atoms with Gasteiger partial charge in [-0.15, -0.1) is 0 Å². The van der Waals surface area contributed by atoms with E-state index in [0.717, 1.165) is 24.4 Å². The third-order valence-electron chi connectivity index (χ3n) is 5.30. The molecule has 9 heteroatoms. The molecular formula is C18H20ClFN4O2S. The molecule has 4 rings (SSSR count). The standard InChI is InChI=1S/C18H20ClFN4O2S/c19-15-3-1-2-13(8-15)11-24-12-14-4-6-23(7-5-17(14)27(24,25)26)18-21-9-16(20)10-22-18/h1-3,8-10,14,17H,4-7,11-12H2/t14-,17-/m1/s1. The Kier molecular flexibility index (Phi) is 5.05. The van der Waals surface area contributed by atoms with E-state index in [1.165, 1.54) is 0 Å². The summed E-state index contributed by atoms with van der Waals surface area (Å²) in [5.74, 6) is 0.0360. The van der Waals surface area contributed by atoms with Gasteiger partial charge in [0.05, 0.1) is 17.6 Å². The molecule has 6 nitrogen and oxygen atoms in total. The number of hydrogen-bond acceptors (Lipinski definition) is 5. The summed E-state index contributed by atoms with van der Waals surface area (Å²) < 4.78 is 40.7. The summed E-state index contributed by atoms with van der Waals surface area (Å²) in [4.78, 5) is 9.98. The van der Waals surface area contributed by atoms with Crippen molar-refractivity contribution in [1.29, 1.82) is 0 Å². The normalized spacial score (nSPS) is 25.2. The van der Waals surface area contributed by atoms with Gasteiger partial charge in [0.1, 0.15) is 0 Å². The van der Waals surface area contributed by atoms with Crippen molar-refractivity contribution in [3.63, 3.8) is 0 Å². The lowest BCUT2D eigenvalue weighted by molar-refractivity contribution is 0.381. The van der Waals surface area contributed by atoms with Gasteiger partial charge in [0, 0.05) is 31.2 Å². The largest absolute Gasteiger partial charge is 0.341 e. The number of rotatable bonds is 3. The van der Waals surface area contributed by atoms with E-state index in [4.69, 9.17) is 11.6 Å². The summed E-state index contributed by atoms with van der Waals surface area (Å²) >= 11 is 6.02. The molecule has 0 saturated carbocycles. The number of hydrogen-bond donors (Lipinski definition) is 0. The minimum atomic E-state index is -3.37. The zero-order valence-corrected chi connectivity index (χ0v) is 16.2. The molecule has 0 unspecified atom stereocenters. The fourth-order valence-corrected chi connectivity index (χ4v) is 6.39. The van der Waals surface area contributed by atoms with E-state index in [1.54, 1.807) is 16.4 Å². The van der Waals surface area contributed by atoms with Crippen molar-refractivity contribution < 1.29 is 12.8 Å². The Morgan fingerprint density at radius 3 is 2.67 bits per heavy atom. The topological polar surface area (TPSA) is 66.4 Å². The molecule has 2 aliphatic rings. The summed E-state index contributed by atoms with van der Waals surface area (Å²) in [6, 6.07) is 7.31. The second kappa shape index (κ2) is 7.33. The molecule has 0 amide bonds. The fraction of sp³-hybridized carbons (Fsp3) is 0.444. The van der Waals surface area contributed by atoms with Gasteiger partial charge < -0.3 is 4.90 Å². The Balaban J connectivity index is 1.48. The number of nitrogens with zero attached hydrogens (tertiary/aromatic N) is 4. The average molecular weight is 411 g/mol. The van der Waals surface area contributed by atoms with Gasteiger partial charge in [-0.05, 0) is 36.5 Å². The first-order chi connectivity index (χ1) is 12.9. The zero-order valence-electron chi connectivity index (χ0n) is 14.6. The first-order valence-corrected chi connectivity index (χ1v) is 10.8. The van der Waals surface area contributed by atoms with Crippen LogP contribution in [0.2, 0.25) is 5.02 Å². The first kappa shape index (κ1) is 18.6. The van der Waals surface area contributed by atoms with E-state index >= 15 is 0 Å². The summed E-state index contributed by atoms with van der Waals surface area (Å²) in [6.45, 7) is 2.06. The second-order valence-electron chi connectivity index (χ2n) is 7.03. The highest BCUT2D eigenvalue weighted by Crippen LogP contribution is 2.35. The second-order valence-corrected chi connectivity index (χ2v) is 9.62. The maximum absolute atomic E-state index is 13.1. The highest BCUT2D eigenvalue weighted by atomic mass is 35.5. The summed E-state index contributed by atoms with van der Waals surface area (Å²) in [5, 5.41) is 0.204. The molecule has 2 fully saturated rings. The first-order valence-electron chi connectivity index (χ1n) is 8.89. The fourth-order valence-electron chi connectivity index (χ4n) is 3.96. The molecule has 2 aliphatic heterocycles. The third kappa shape index (κ3) is 3.79. The SMILES string of the molecule is O=S1(=O)[C@@H]2CCN(c3ncc(F)cn3)CC[C@@H]2CN1Cc1cccc(Cl)c1. The van der Waals surface area contributed by atoms with Crippen molar-refractivity contribution in [2.24, 2.45) is 5.92 Å². The maximum Gasteiger partial charge on any atom is 0.225 e. The number of anilines is 1. The van der Waals surface area contributed by atoms with Crippen LogP contribution in [0, 0.1) is 11.7 Å². The average Bonchev–Trinajstić information content (AvgIpc) is 2.77. The van der Waals surface area contributed by atoms with Crippen molar-refractivity contribution in [2.75, 3.05) is 24.5 Å².